The fourth-order valence-corrected chi connectivity index (χ4v) is 2.18. The number of halogens is 1. The number of aliphatic hydroxyl groups is 1. The molecular formula is C12H18ClN7O. The van der Waals surface area contributed by atoms with Crippen molar-refractivity contribution in [2.75, 3.05) is 11.9 Å². The summed E-state index contributed by atoms with van der Waals surface area (Å²) in [5.41, 5.74) is 0. The van der Waals surface area contributed by atoms with Crippen molar-refractivity contribution in [1.29, 1.82) is 0 Å². The van der Waals surface area contributed by atoms with Gasteiger partial charge >= 0.3 is 0 Å². The summed E-state index contributed by atoms with van der Waals surface area (Å²) in [6, 6.07) is 0. The Morgan fingerprint density at radius 2 is 2.05 bits per heavy atom. The molecule has 2 heterocycles. The molecule has 0 aliphatic heterocycles. The predicted octanol–water partition coefficient (Wildman–Crippen LogP) is 1.31. The molecule has 1 atom stereocenters. The minimum absolute atomic E-state index is 0.0509. The molecule has 0 aliphatic rings. The van der Waals surface area contributed by atoms with E-state index in [0.717, 1.165) is 12.8 Å². The number of rotatable bonds is 7. The maximum Gasteiger partial charge on any atom is 0.258 e. The number of aliphatic hydroxyl groups excluding tert-OH is 1. The van der Waals surface area contributed by atoms with Crippen LogP contribution in [0.15, 0.2) is 12.7 Å². The van der Waals surface area contributed by atoms with E-state index in [-0.39, 0.29) is 17.1 Å². The lowest BCUT2D eigenvalue weighted by atomic mass is 9.97. The Morgan fingerprint density at radius 1 is 1.29 bits per heavy atom. The molecule has 2 N–H and O–H groups in total. The van der Waals surface area contributed by atoms with Gasteiger partial charge in [0.25, 0.3) is 5.95 Å². The van der Waals surface area contributed by atoms with Crippen molar-refractivity contribution in [2.45, 2.75) is 32.8 Å². The highest BCUT2D eigenvalue weighted by atomic mass is 35.5. The van der Waals surface area contributed by atoms with E-state index in [2.05, 4.69) is 44.2 Å². The standard InChI is InChI=1S/C12H18ClN7O/c1-3-8(4-2)9(21)5-15-11-17-10(13)18-12(19-11)20-7-14-6-16-20/h6-9,21H,3-5H2,1-2H3,(H,15,17,18,19). The molecule has 0 bridgehead atoms. The first-order valence-electron chi connectivity index (χ1n) is 6.82. The number of nitrogens with zero attached hydrogens (tertiary/aromatic N) is 6. The minimum Gasteiger partial charge on any atom is -0.391 e. The minimum atomic E-state index is -0.467. The van der Waals surface area contributed by atoms with Gasteiger partial charge in [-0.2, -0.15) is 24.7 Å². The molecule has 0 aromatic carbocycles. The van der Waals surface area contributed by atoms with Crippen LogP contribution in [0.5, 0.6) is 0 Å². The molecule has 0 aliphatic carbocycles. The monoisotopic (exact) mass is 311 g/mol. The highest BCUT2D eigenvalue weighted by Gasteiger charge is 2.16. The van der Waals surface area contributed by atoms with E-state index >= 15 is 0 Å². The van der Waals surface area contributed by atoms with Crippen molar-refractivity contribution in [3.63, 3.8) is 0 Å². The molecule has 0 radical (unpaired) electrons. The van der Waals surface area contributed by atoms with Crippen LogP contribution in [0.2, 0.25) is 5.28 Å². The molecule has 0 amide bonds. The van der Waals surface area contributed by atoms with Gasteiger partial charge in [0, 0.05) is 6.54 Å². The molecule has 1 unspecified atom stereocenters. The van der Waals surface area contributed by atoms with Crippen LogP contribution in [0.4, 0.5) is 5.95 Å². The highest BCUT2D eigenvalue weighted by Crippen LogP contribution is 2.14. The summed E-state index contributed by atoms with van der Waals surface area (Å²) in [6.45, 7) is 4.46. The predicted molar refractivity (Wildman–Crippen MR) is 78.3 cm³/mol. The van der Waals surface area contributed by atoms with Gasteiger partial charge in [-0.05, 0) is 17.5 Å². The molecule has 9 heteroatoms. The van der Waals surface area contributed by atoms with Crippen LogP contribution in [0.3, 0.4) is 0 Å². The maximum atomic E-state index is 10.1. The fourth-order valence-electron chi connectivity index (χ4n) is 2.03. The van der Waals surface area contributed by atoms with E-state index in [0.29, 0.717) is 12.5 Å². The van der Waals surface area contributed by atoms with Crippen LogP contribution >= 0.6 is 11.6 Å². The lowest BCUT2D eigenvalue weighted by Crippen LogP contribution is -2.28. The van der Waals surface area contributed by atoms with Gasteiger partial charge in [-0.15, -0.1) is 0 Å². The number of anilines is 1. The average Bonchev–Trinajstić information content (AvgIpc) is 3.00. The first-order chi connectivity index (χ1) is 10.1. The zero-order valence-corrected chi connectivity index (χ0v) is 12.7. The molecule has 2 rings (SSSR count). The second-order valence-electron chi connectivity index (χ2n) is 4.59. The topological polar surface area (TPSA) is 102 Å². The van der Waals surface area contributed by atoms with E-state index in [1.807, 2.05) is 0 Å². The summed E-state index contributed by atoms with van der Waals surface area (Å²) in [7, 11) is 0. The van der Waals surface area contributed by atoms with E-state index < -0.39 is 6.10 Å². The molecule has 8 nitrogen and oxygen atoms in total. The Kier molecular flexibility index (Phi) is 5.40. The van der Waals surface area contributed by atoms with Crippen molar-refractivity contribution < 1.29 is 5.11 Å². The molecule has 114 valence electrons. The SMILES string of the molecule is CCC(CC)C(O)CNc1nc(Cl)nc(-n2cncn2)n1. The molecular weight excluding hydrogens is 294 g/mol. The van der Waals surface area contributed by atoms with E-state index in [4.69, 9.17) is 11.6 Å². The fraction of sp³-hybridized carbons (Fsp3) is 0.583. The Morgan fingerprint density at radius 3 is 2.67 bits per heavy atom. The normalized spacial score (nSPS) is 12.6. The molecule has 0 spiro atoms. The highest BCUT2D eigenvalue weighted by molar-refractivity contribution is 6.28. The third kappa shape index (κ3) is 4.08. The number of hydrogen-bond acceptors (Lipinski definition) is 7. The van der Waals surface area contributed by atoms with E-state index in [9.17, 15) is 5.11 Å². The van der Waals surface area contributed by atoms with Crippen molar-refractivity contribution >= 4 is 17.5 Å². The number of nitrogens with one attached hydrogen (secondary N) is 1. The molecule has 0 saturated carbocycles. The third-order valence-electron chi connectivity index (χ3n) is 3.28. The summed E-state index contributed by atoms with van der Waals surface area (Å²) in [5, 5.41) is 17.1. The lowest BCUT2D eigenvalue weighted by molar-refractivity contribution is 0.114. The lowest BCUT2D eigenvalue weighted by Gasteiger charge is -2.20. The summed E-state index contributed by atoms with van der Waals surface area (Å²) < 4.78 is 1.38. The molecule has 0 saturated heterocycles. The van der Waals surface area contributed by atoms with Gasteiger partial charge in [-0.1, -0.05) is 26.7 Å². The average molecular weight is 312 g/mol. The Bertz CT molecular complexity index is 559. The summed E-state index contributed by atoms with van der Waals surface area (Å²) in [4.78, 5) is 16.0. The molecule has 21 heavy (non-hydrogen) atoms. The van der Waals surface area contributed by atoms with Crippen LogP contribution in [-0.4, -0.2) is 47.5 Å². The Labute approximate surface area is 127 Å². The van der Waals surface area contributed by atoms with Gasteiger partial charge in [-0.25, -0.2) is 4.98 Å². The van der Waals surface area contributed by atoms with Gasteiger partial charge in [-0.3, -0.25) is 0 Å². The second-order valence-corrected chi connectivity index (χ2v) is 4.93. The van der Waals surface area contributed by atoms with Gasteiger partial charge in [0.1, 0.15) is 12.7 Å². The third-order valence-corrected chi connectivity index (χ3v) is 3.45. The van der Waals surface area contributed by atoms with Crippen molar-refractivity contribution in [1.82, 2.24) is 29.7 Å². The van der Waals surface area contributed by atoms with E-state index in [1.54, 1.807) is 0 Å². The Hall–Kier alpha value is -1.80. The first kappa shape index (κ1) is 15.6. The molecule has 0 fully saturated rings. The zero-order valence-electron chi connectivity index (χ0n) is 11.9. The van der Waals surface area contributed by atoms with Crippen LogP contribution in [0.1, 0.15) is 26.7 Å². The van der Waals surface area contributed by atoms with Crippen LogP contribution < -0.4 is 5.32 Å². The molecule has 2 aromatic heterocycles. The van der Waals surface area contributed by atoms with Crippen molar-refractivity contribution in [3.05, 3.63) is 17.9 Å². The van der Waals surface area contributed by atoms with Crippen LogP contribution in [0, 0.1) is 5.92 Å². The second kappa shape index (κ2) is 7.28. The van der Waals surface area contributed by atoms with Crippen LogP contribution in [0.25, 0.3) is 5.95 Å². The van der Waals surface area contributed by atoms with Crippen molar-refractivity contribution in [3.8, 4) is 5.95 Å². The number of hydrogen-bond donors (Lipinski definition) is 2. The quantitative estimate of drug-likeness (QED) is 0.795. The van der Waals surface area contributed by atoms with Gasteiger partial charge in [0.2, 0.25) is 11.2 Å². The molecule has 2 aromatic rings. The zero-order chi connectivity index (χ0) is 15.2. The van der Waals surface area contributed by atoms with Gasteiger partial charge in [0.05, 0.1) is 6.10 Å². The smallest absolute Gasteiger partial charge is 0.258 e. The van der Waals surface area contributed by atoms with Gasteiger partial charge < -0.3 is 10.4 Å². The first-order valence-corrected chi connectivity index (χ1v) is 7.20. The summed E-state index contributed by atoms with van der Waals surface area (Å²) in [5.74, 6) is 0.808. The van der Waals surface area contributed by atoms with E-state index in [1.165, 1.54) is 17.3 Å². The van der Waals surface area contributed by atoms with Crippen molar-refractivity contribution in [2.24, 2.45) is 5.92 Å². The van der Waals surface area contributed by atoms with Gasteiger partial charge in [0.15, 0.2) is 0 Å². The summed E-state index contributed by atoms with van der Waals surface area (Å²) >= 11 is 5.87. The number of aromatic nitrogens is 6. The van der Waals surface area contributed by atoms with Crippen LogP contribution in [-0.2, 0) is 0 Å². The largest absolute Gasteiger partial charge is 0.391 e. The maximum absolute atomic E-state index is 10.1. The summed E-state index contributed by atoms with van der Waals surface area (Å²) in [6.07, 6.45) is 4.21. The Balaban J connectivity index is 2.07.